The number of aromatic amines is 1. The van der Waals surface area contributed by atoms with Crippen molar-refractivity contribution in [1.29, 1.82) is 0 Å². The SMILES string of the molecule is CCc1c(-n2c(/C(C)=C/C(=C(O)\C=C\O)C(C)(C)C)n[nH]c2=S)ccc(OC)c1N(C)C(C)C. The molecule has 8 heteroatoms. The van der Waals surface area contributed by atoms with Gasteiger partial charge in [0, 0.05) is 24.7 Å². The minimum Gasteiger partial charge on any atom is -0.515 e. The van der Waals surface area contributed by atoms with Gasteiger partial charge in [-0.2, -0.15) is 5.10 Å². The van der Waals surface area contributed by atoms with E-state index in [9.17, 15) is 5.11 Å². The summed E-state index contributed by atoms with van der Waals surface area (Å²) in [6.45, 7) is 14.3. The highest BCUT2D eigenvalue weighted by molar-refractivity contribution is 7.71. The molecule has 0 spiro atoms. The summed E-state index contributed by atoms with van der Waals surface area (Å²) in [5.41, 5.74) is 4.15. The van der Waals surface area contributed by atoms with E-state index in [2.05, 4.69) is 42.9 Å². The first-order valence-corrected chi connectivity index (χ1v) is 11.8. The molecule has 1 aromatic heterocycles. The van der Waals surface area contributed by atoms with Crippen molar-refractivity contribution in [2.45, 2.75) is 60.9 Å². The summed E-state index contributed by atoms with van der Waals surface area (Å²) in [6, 6.07) is 4.23. The maximum atomic E-state index is 10.5. The van der Waals surface area contributed by atoms with Crippen LogP contribution < -0.4 is 9.64 Å². The van der Waals surface area contributed by atoms with Crippen LogP contribution in [0.4, 0.5) is 5.69 Å². The summed E-state index contributed by atoms with van der Waals surface area (Å²) >= 11 is 5.65. The predicted octanol–water partition coefficient (Wildman–Crippen LogP) is 6.68. The largest absolute Gasteiger partial charge is 0.515 e. The number of aliphatic hydroxyl groups excluding tert-OH is 2. The molecule has 2 aromatic rings. The molecule has 0 aliphatic rings. The van der Waals surface area contributed by atoms with Gasteiger partial charge < -0.3 is 19.8 Å². The molecular weight excluding hydrogens is 448 g/mol. The zero-order chi connectivity index (χ0) is 25.8. The molecule has 0 saturated carbocycles. The lowest BCUT2D eigenvalue weighted by Crippen LogP contribution is -2.27. The third kappa shape index (κ3) is 5.55. The second-order valence-corrected chi connectivity index (χ2v) is 9.94. The number of allylic oxidation sites excluding steroid dienone is 4. The minimum atomic E-state index is -0.370. The Morgan fingerprint density at radius 2 is 1.97 bits per heavy atom. The van der Waals surface area contributed by atoms with E-state index in [-0.39, 0.29) is 17.2 Å². The highest BCUT2D eigenvalue weighted by Gasteiger charge is 2.23. The molecule has 1 heterocycles. The van der Waals surface area contributed by atoms with Crippen molar-refractivity contribution in [2.75, 3.05) is 19.1 Å². The Balaban J connectivity index is 2.84. The molecule has 0 unspecified atom stereocenters. The third-order valence-electron chi connectivity index (χ3n) is 5.86. The minimum absolute atomic E-state index is 0.00503. The van der Waals surface area contributed by atoms with Crippen molar-refractivity contribution >= 4 is 23.5 Å². The van der Waals surface area contributed by atoms with Gasteiger partial charge in [0.2, 0.25) is 0 Å². The van der Waals surface area contributed by atoms with E-state index in [1.54, 1.807) is 7.11 Å². The number of anilines is 1. The van der Waals surface area contributed by atoms with Gasteiger partial charge in [0.15, 0.2) is 10.6 Å². The Bertz CT molecular complexity index is 1160. The lowest BCUT2D eigenvalue weighted by molar-refractivity contribution is 0.391. The number of rotatable bonds is 8. The van der Waals surface area contributed by atoms with E-state index in [1.807, 2.05) is 50.5 Å². The number of ether oxygens (including phenoxy) is 1. The Morgan fingerprint density at radius 3 is 2.47 bits per heavy atom. The van der Waals surface area contributed by atoms with Gasteiger partial charge >= 0.3 is 0 Å². The maximum absolute atomic E-state index is 10.5. The van der Waals surface area contributed by atoms with Crippen LogP contribution in [0.25, 0.3) is 11.3 Å². The standard InChI is InChI=1S/C26H38N4O3S/c1-10-18-20(11-12-22(33-9)23(18)29(8)16(2)3)30-24(27-28-25(30)34)17(4)15-19(26(5,6)7)21(32)13-14-31/h11-16,31-32H,10H2,1-9H3,(H,28,34)/b14-13+,17-15+,21-19-. The molecule has 0 aliphatic heterocycles. The smallest absolute Gasteiger partial charge is 0.200 e. The number of aromatic nitrogens is 3. The van der Waals surface area contributed by atoms with E-state index in [1.165, 1.54) is 6.08 Å². The summed E-state index contributed by atoms with van der Waals surface area (Å²) in [4.78, 5) is 2.20. The van der Waals surface area contributed by atoms with E-state index in [0.29, 0.717) is 16.2 Å². The van der Waals surface area contributed by atoms with Crippen LogP contribution in [0, 0.1) is 10.2 Å². The molecule has 2 rings (SSSR count). The van der Waals surface area contributed by atoms with Gasteiger partial charge in [0.05, 0.1) is 24.7 Å². The number of hydrogen-bond acceptors (Lipinski definition) is 6. The fourth-order valence-electron chi connectivity index (χ4n) is 3.87. The summed E-state index contributed by atoms with van der Waals surface area (Å²) in [5, 5.41) is 27.2. The molecule has 186 valence electrons. The molecule has 7 nitrogen and oxygen atoms in total. The quantitative estimate of drug-likeness (QED) is 0.219. The molecule has 0 bridgehead atoms. The van der Waals surface area contributed by atoms with Gasteiger partial charge in [-0.15, -0.1) is 0 Å². The maximum Gasteiger partial charge on any atom is 0.200 e. The number of nitrogens with one attached hydrogen (secondary N) is 1. The van der Waals surface area contributed by atoms with Crippen LogP contribution in [0.1, 0.15) is 59.9 Å². The molecule has 0 atom stereocenters. The number of nitrogens with zero attached hydrogens (tertiary/aromatic N) is 3. The Kier molecular flexibility index (Phi) is 8.78. The highest BCUT2D eigenvalue weighted by Crippen LogP contribution is 2.38. The monoisotopic (exact) mass is 486 g/mol. The number of aliphatic hydroxyl groups is 2. The van der Waals surface area contributed by atoms with E-state index < -0.39 is 0 Å². The molecule has 1 aromatic carbocycles. The van der Waals surface area contributed by atoms with Crippen LogP contribution in [0.3, 0.4) is 0 Å². The second kappa shape index (κ2) is 11.0. The Morgan fingerprint density at radius 1 is 1.32 bits per heavy atom. The van der Waals surface area contributed by atoms with E-state index in [0.717, 1.165) is 40.9 Å². The third-order valence-corrected chi connectivity index (χ3v) is 6.14. The zero-order valence-corrected chi connectivity index (χ0v) is 22.5. The average Bonchev–Trinajstić information content (AvgIpc) is 3.15. The Hall–Kier alpha value is -3.00. The van der Waals surface area contributed by atoms with Crippen LogP contribution in [0.5, 0.6) is 5.75 Å². The number of methoxy groups -OCH3 is 1. The molecule has 0 fully saturated rings. The molecule has 0 radical (unpaired) electrons. The summed E-state index contributed by atoms with van der Waals surface area (Å²) < 4.78 is 8.11. The average molecular weight is 487 g/mol. The molecule has 0 aliphatic carbocycles. The van der Waals surface area contributed by atoms with Gasteiger partial charge in [-0.05, 0) is 74.2 Å². The van der Waals surface area contributed by atoms with Crippen LogP contribution in [0.2, 0.25) is 0 Å². The van der Waals surface area contributed by atoms with Gasteiger partial charge in [-0.3, -0.25) is 9.67 Å². The normalized spacial score (nSPS) is 13.5. The van der Waals surface area contributed by atoms with Gasteiger partial charge in [0.1, 0.15) is 11.5 Å². The predicted molar refractivity (Wildman–Crippen MR) is 143 cm³/mol. The van der Waals surface area contributed by atoms with Crippen LogP contribution in [-0.4, -0.2) is 45.2 Å². The lowest BCUT2D eigenvalue weighted by Gasteiger charge is -2.29. The first kappa shape index (κ1) is 27.2. The summed E-state index contributed by atoms with van der Waals surface area (Å²) in [6.07, 6.45) is 4.75. The zero-order valence-electron chi connectivity index (χ0n) is 21.7. The number of hydrogen-bond donors (Lipinski definition) is 3. The van der Waals surface area contributed by atoms with Crippen molar-refractivity contribution in [3.05, 3.63) is 58.0 Å². The molecular formula is C26H38N4O3S. The number of benzene rings is 1. The fourth-order valence-corrected chi connectivity index (χ4v) is 4.10. The van der Waals surface area contributed by atoms with E-state index >= 15 is 0 Å². The Labute approximate surface area is 208 Å². The first-order valence-electron chi connectivity index (χ1n) is 11.4. The van der Waals surface area contributed by atoms with Gasteiger partial charge in [-0.25, -0.2) is 0 Å². The van der Waals surface area contributed by atoms with Crippen LogP contribution in [-0.2, 0) is 6.42 Å². The highest BCUT2D eigenvalue weighted by atomic mass is 32.1. The van der Waals surface area contributed by atoms with Crippen molar-refractivity contribution < 1.29 is 14.9 Å². The van der Waals surface area contributed by atoms with Crippen molar-refractivity contribution in [3.8, 4) is 11.4 Å². The van der Waals surface area contributed by atoms with Crippen molar-refractivity contribution in [1.82, 2.24) is 14.8 Å². The summed E-state index contributed by atoms with van der Waals surface area (Å²) in [5.74, 6) is 1.44. The summed E-state index contributed by atoms with van der Waals surface area (Å²) in [7, 11) is 3.74. The molecule has 3 N–H and O–H groups in total. The topological polar surface area (TPSA) is 86.5 Å². The molecule has 0 saturated heterocycles. The second-order valence-electron chi connectivity index (χ2n) is 9.55. The van der Waals surface area contributed by atoms with Crippen molar-refractivity contribution in [3.63, 3.8) is 0 Å². The van der Waals surface area contributed by atoms with Gasteiger partial charge in [0.25, 0.3) is 0 Å². The van der Waals surface area contributed by atoms with Crippen molar-refractivity contribution in [2.24, 2.45) is 5.41 Å². The molecule has 0 amide bonds. The van der Waals surface area contributed by atoms with Crippen LogP contribution in [0.15, 0.2) is 41.9 Å². The number of H-pyrrole nitrogens is 1. The first-order chi connectivity index (χ1) is 15.9. The van der Waals surface area contributed by atoms with E-state index in [4.69, 9.17) is 22.1 Å². The fraction of sp³-hybridized carbons (Fsp3) is 0.462. The van der Waals surface area contributed by atoms with Crippen LogP contribution >= 0.6 is 12.2 Å². The lowest BCUT2D eigenvalue weighted by atomic mass is 9.84. The van der Waals surface area contributed by atoms with Gasteiger partial charge in [-0.1, -0.05) is 27.7 Å². The molecule has 34 heavy (non-hydrogen) atoms.